The molecule has 6 heteroatoms. The SMILES string of the molecule is COc1ccc(-c2ccnc3nc(CC(C)C)nn23)c(F)c1. The van der Waals surface area contributed by atoms with E-state index in [1.165, 1.54) is 13.2 Å². The lowest BCUT2D eigenvalue weighted by Gasteiger charge is -2.07. The molecule has 0 bridgehead atoms. The zero-order chi connectivity index (χ0) is 15.7. The fourth-order valence-electron chi connectivity index (χ4n) is 2.32. The maximum absolute atomic E-state index is 14.3. The number of benzene rings is 1. The molecular formula is C16H17FN4O. The Balaban J connectivity index is 2.12. The monoisotopic (exact) mass is 300 g/mol. The highest BCUT2D eigenvalue weighted by Gasteiger charge is 2.14. The number of methoxy groups -OCH3 is 1. The fourth-order valence-corrected chi connectivity index (χ4v) is 2.32. The molecule has 114 valence electrons. The molecule has 3 aromatic rings. The fraction of sp³-hybridized carbons (Fsp3) is 0.312. The lowest BCUT2D eigenvalue weighted by Crippen LogP contribution is -1.99. The third-order valence-corrected chi connectivity index (χ3v) is 3.33. The van der Waals surface area contributed by atoms with Crippen LogP contribution in [0.5, 0.6) is 5.75 Å². The van der Waals surface area contributed by atoms with Crippen molar-refractivity contribution in [2.75, 3.05) is 7.11 Å². The maximum Gasteiger partial charge on any atom is 0.252 e. The van der Waals surface area contributed by atoms with Crippen LogP contribution in [0.15, 0.2) is 30.5 Å². The molecule has 0 radical (unpaired) electrons. The molecule has 0 amide bonds. The van der Waals surface area contributed by atoms with Gasteiger partial charge in [-0.15, -0.1) is 5.10 Å². The normalized spacial score (nSPS) is 11.3. The summed E-state index contributed by atoms with van der Waals surface area (Å²) in [6.07, 6.45) is 2.37. The minimum Gasteiger partial charge on any atom is -0.497 e. The minimum absolute atomic E-state index is 0.368. The summed E-state index contributed by atoms with van der Waals surface area (Å²) in [5, 5.41) is 4.46. The first kappa shape index (κ1) is 14.4. The van der Waals surface area contributed by atoms with Crippen molar-refractivity contribution in [2.45, 2.75) is 20.3 Å². The van der Waals surface area contributed by atoms with Crippen LogP contribution in [0.1, 0.15) is 19.7 Å². The van der Waals surface area contributed by atoms with E-state index in [4.69, 9.17) is 4.74 Å². The molecule has 3 rings (SSSR count). The number of aromatic nitrogens is 4. The van der Waals surface area contributed by atoms with Crippen molar-refractivity contribution in [3.63, 3.8) is 0 Å². The van der Waals surface area contributed by atoms with Crippen molar-refractivity contribution in [3.8, 4) is 17.0 Å². The van der Waals surface area contributed by atoms with Crippen LogP contribution in [0.3, 0.4) is 0 Å². The summed E-state index contributed by atoms with van der Waals surface area (Å²) < 4.78 is 20.9. The van der Waals surface area contributed by atoms with Gasteiger partial charge in [0.25, 0.3) is 5.78 Å². The molecule has 1 aromatic carbocycles. The number of hydrogen-bond donors (Lipinski definition) is 0. The van der Waals surface area contributed by atoms with Gasteiger partial charge in [-0.25, -0.2) is 9.37 Å². The predicted molar refractivity (Wildman–Crippen MR) is 81.3 cm³/mol. The number of ether oxygens (including phenoxy) is 1. The Bertz CT molecular complexity index is 813. The smallest absolute Gasteiger partial charge is 0.252 e. The molecule has 0 aliphatic heterocycles. The molecule has 2 aromatic heterocycles. The highest BCUT2D eigenvalue weighted by atomic mass is 19.1. The van der Waals surface area contributed by atoms with Crippen molar-refractivity contribution in [2.24, 2.45) is 5.92 Å². The first-order valence-electron chi connectivity index (χ1n) is 7.13. The van der Waals surface area contributed by atoms with E-state index in [1.54, 1.807) is 28.9 Å². The summed E-state index contributed by atoms with van der Waals surface area (Å²) in [6.45, 7) is 4.20. The molecule has 0 aliphatic rings. The lowest BCUT2D eigenvalue weighted by molar-refractivity contribution is 0.411. The molecule has 0 saturated carbocycles. The predicted octanol–water partition coefficient (Wildman–Crippen LogP) is 3.14. The number of halogens is 1. The largest absolute Gasteiger partial charge is 0.497 e. The van der Waals surface area contributed by atoms with E-state index in [1.807, 2.05) is 0 Å². The van der Waals surface area contributed by atoms with E-state index in [2.05, 4.69) is 28.9 Å². The van der Waals surface area contributed by atoms with Crippen molar-refractivity contribution < 1.29 is 9.13 Å². The first-order chi connectivity index (χ1) is 10.6. The second kappa shape index (κ2) is 5.71. The maximum atomic E-state index is 14.3. The lowest BCUT2D eigenvalue weighted by atomic mass is 10.1. The third kappa shape index (κ3) is 2.64. The molecule has 5 nitrogen and oxygen atoms in total. The zero-order valence-corrected chi connectivity index (χ0v) is 12.7. The third-order valence-electron chi connectivity index (χ3n) is 3.33. The van der Waals surface area contributed by atoms with Gasteiger partial charge in [0.05, 0.1) is 12.8 Å². The molecule has 0 atom stereocenters. The van der Waals surface area contributed by atoms with Crippen molar-refractivity contribution in [3.05, 3.63) is 42.1 Å². The van der Waals surface area contributed by atoms with Crippen LogP contribution in [0.25, 0.3) is 17.0 Å². The first-order valence-corrected chi connectivity index (χ1v) is 7.13. The Morgan fingerprint density at radius 2 is 2.09 bits per heavy atom. The van der Waals surface area contributed by atoms with E-state index in [-0.39, 0.29) is 5.82 Å². The summed E-state index contributed by atoms with van der Waals surface area (Å²) in [5.41, 5.74) is 1.06. The quantitative estimate of drug-likeness (QED) is 0.743. The molecule has 2 heterocycles. The summed E-state index contributed by atoms with van der Waals surface area (Å²) in [4.78, 5) is 8.60. The number of nitrogens with zero attached hydrogens (tertiary/aromatic N) is 4. The highest BCUT2D eigenvalue weighted by molar-refractivity contribution is 5.63. The van der Waals surface area contributed by atoms with Gasteiger partial charge in [-0.1, -0.05) is 13.8 Å². The molecule has 22 heavy (non-hydrogen) atoms. The molecule has 0 aliphatic carbocycles. The number of hydrogen-bond acceptors (Lipinski definition) is 4. The average Bonchev–Trinajstić information content (AvgIpc) is 2.88. The van der Waals surface area contributed by atoms with Crippen LogP contribution in [-0.4, -0.2) is 26.7 Å². The van der Waals surface area contributed by atoms with Gasteiger partial charge in [0.2, 0.25) is 0 Å². The Morgan fingerprint density at radius 1 is 1.27 bits per heavy atom. The second-order valence-corrected chi connectivity index (χ2v) is 5.51. The standard InChI is InChI=1S/C16H17FN4O/c1-10(2)8-15-19-16-18-7-6-14(21(16)20-15)12-5-4-11(22-3)9-13(12)17/h4-7,9-10H,8H2,1-3H3. The summed E-state index contributed by atoms with van der Waals surface area (Å²) in [7, 11) is 1.51. The van der Waals surface area contributed by atoms with Crippen LogP contribution in [-0.2, 0) is 6.42 Å². The number of rotatable bonds is 4. The Kier molecular flexibility index (Phi) is 3.75. The van der Waals surface area contributed by atoms with Gasteiger partial charge >= 0.3 is 0 Å². The van der Waals surface area contributed by atoms with E-state index < -0.39 is 0 Å². The van der Waals surface area contributed by atoms with Crippen molar-refractivity contribution >= 4 is 5.78 Å². The Hall–Kier alpha value is -2.50. The van der Waals surface area contributed by atoms with Crippen LogP contribution >= 0.6 is 0 Å². The van der Waals surface area contributed by atoms with Crippen LogP contribution in [0.4, 0.5) is 4.39 Å². The Labute approximate surface area is 127 Å². The topological polar surface area (TPSA) is 52.3 Å². The summed E-state index contributed by atoms with van der Waals surface area (Å²) in [5.74, 6) is 1.74. The van der Waals surface area contributed by atoms with Gasteiger partial charge < -0.3 is 4.74 Å². The second-order valence-electron chi connectivity index (χ2n) is 5.51. The van der Waals surface area contributed by atoms with Crippen LogP contribution in [0.2, 0.25) is 0 Å². The summed E-state index contributed by atoms with van der Waals surface area (Å²) >= 11 is 0. The average molecular weight is 300 g/mol. The van der Waals surface area contributed by atoms with Gasteiger partial charge in [-0.2, -0.15) is 9.50 Å². The zero-order valence-electron chi connectivity index (χ0n) is 12.7. The molecule has 0 spiro atoms. The van der Waals surface area contributed by atoms with Gasteiger partial charge in [-0.3, -0.25) is 0 Å². The van der Waals surface area contributed by atoms with Gasteiger partial charge in [-0.05, 0) is 24.1 Å². The van der Waals surface area contributed by atoms with Crippen LogP contribution in [0, 0.1) is 11.7 Å². The minimum atomic E-state index is -0.368. The van der Waals surface area contributed by atoms with E-state index in [0.29, 0.717) is 34.5 Å². The van der Waals surface area contributed by atoms with E-state index in [9.17, 15) is 4.39 Å². The van der Waals surface area contributed by atoms with Gasteiger partial charge in [0.15, 0.2) is 5.82 Å². The van der Waals surface area contributed by atoms with Crippen molar-refractivity contribution in [1.82, 2.24) is 19.6 Å². The summed E-state index contributed by atoms with van der Waals surface area (Å²) in [6, 6.07) is 6.47. The molecule has 0 unspecified atom stereocenters. The van der Waals surface area contributed by atoms with Gasteiger partial charge in [0, 0.05) is 24.2 Å². The van der Waals surface area contributed by atoms with Gasteiger partial charge in [0.1, 0.15) is 11.6 Å². The molecule has 0 N–H and O–H groups in total. The Morgan fingerprint density at radius 3 is 2.77 bits per heavy atom. The van der Waals surface area contributed by atoms with E-state index in [0.717, 1.165) is 6.42 Å². The highest BCUT2D eigenvalue weighted by Crippen LogP contribution is 2.26. The molecular weight excluding hydrogens is 283 g/mol. The number of fused-ring (bicyclic) bond motifs is 1. The molecule has 0 fully saturated rings. The van der Waals surface area contributed by atoms with E-state index >= 15 is 0 Å². The molecule has 0 saturated heterocycles. The van der Waals surface area contributed by atoms with Crippen LogP contribution < -0.4 is 4.74 Å². The van der Waals surface area contributed by atoms with Crippen molar-refractivity contribution in [1.29, 1.82) is 0 Å².